The molecule has 1 saturated heterocycles. The number of aromatic nitrogens is 2. The molecule has 254 valence electrons. The Morgan fingerprint density at radius 1 is 1.15 bits per heavy atom. The minimum Gasteiger partial charge on any atom is -0.487 e. The van der Waals surface area contributed by atoms with Crippen molar-refractivity contribution in [2.45, 2.75) is 50.2 Å². The van der Waals surface area contributed by atoms with Gasteiger partial charge in [-0.1, -0.05) is 37.2 Å². The van der Waals surface area contributed by atoms with E-state index in [-0.39, 0.29) is 28.8 Å². The summed E-state index contributed by atoms with van der Waals surface area (Å²) in [6.45, 7) is 9.94. The third-order valence-electron chi connectivity index (χ3n) is 8.22. The zero-order valence-electron chi connectivity index (χ0n) is 27.1. The summed E-state index contributed by atoms with van der Waals surface area (Å²) in [5, 5.41) is 8.04. The molecule has 1 saturated carbocycles. The summed E-state index contributed by atoms with van der Waals surface area (Å²) in [4.78, 5) is 13.7. The number of ketones is 1. The van der Waals surface area contributed by atoms with E-state index in [1.165, 1.54) is 29.8 Å². The summed E-state index contributed by atoms with van der Waals surface area (Å²) >= 11 is 1.94. The molecule has 48 heavy (non-hydrogen) atoms. The van der Waals surface area contributed by atoms with Gasteiger partial charge in [0.05, 0.1) is 23.1 Å². The van der Waals surface area contributed by atoms with E-state index < -0.39 is 24.6 Å². The molecular formula is C36H40F3N5O3S. The van der Waals surface area contributed by atoms with E-state index in [0.717, 1.165) is 42.8 Å². The number of carbonyl (C=O) groups excluding carboxylic acids is 1. The molecule has 1 aliphatic heterocycles. The van der Waals surface area contributed by atoms with Crippen LogP contribution < -0.4 is 20.5 Å². The number of rotatable bonds is 15. The van der Waals surface area contributed by atoms with Crippen molar-refractivity contribution < 1.29 is 27.4 Å². The molecule has 0 unspecified atom stereocenters. The molecule has 8 nitrogen and oxygen atoms in total. The lowest BCUT2D eigenvalue weighted by molar-refractivity contribution is 0.0810. The number of carbonyl (C=O) groups is 1. The SMILES string of the molecule is C=C/C(F)=C(\C=C)Oc1ccc(-n2ncc(C(=O)/C(=C/c3ccc(C4CCN(SC5CC5)CC4)c(OCC(F)F)c3)NC)c2N)c(C)c1. The lowest BCUT2D eigenvalue weighted by Gasteiger charge is -2.32. The van der Waals surface area contributed by atoms with Crippen molar-refractivity contribution in [2.24, 2.45) is 0 Å². The number of hydrogen-bond acceptors (Lipinski definition) is 8. The standard InChI is InChI=1S/C36H40F3N5O3S/c1-5-29(37)32(6-2)47-25-8-12-31(22(3)17-25)44-36(40)28(20-42-44)35(45)30(41-4)18-23-7-11-27(33(19-23)46-21-34(38)39)24-13-15-43(16-14-24)48-26-9-10-26/h5-8,11-12,17-20,24,26,34,41H,1-2,9-10,13-16,21,40H2,3-4H3/b30-18-,32-29-. The highest BCUT2D eigenvalue weighted by atomic mass is 32.2. The van der Waals surface area contributed by atoms with Crippen LogP contribution in [0.4, 0.5) is 19.0 Å². The number of aryl methyl sites for hydroxylation is 1. The molecule has 0 spiro atoms. The van der Waals surface area contributed by atoms with Crippen molar-refractivity contribution in [3.8, 4) is 17.2 Å². The Morgan fingerprint density at radius 3 is 2.52 bits per heavy atom. The number of halogens is 3. The maximum atomic E-state index is 14.0. The summed E-state index contributed by atoms with van der Waals surface area (Å²) in [5.41, 5.74) is 9.65. The second kappa shape index (κ2) is 15.7. The van der Waals surface area contributed by atoms with Gasteiger partial charge in [0.15, 0.2) is 11.6 Å². The molecule has 1 aliphatic carbocycles. The van der Waals surface area contributed by atoms with Gasteiger partial charge in [-0.15, -0.1) is 0 Å². The predicted molar refractivity (Wildman–Crippen MR) is 185 cm³/mol. The topological polar surface area (TPSA) is 94.6 Å². The van der Waals surface area contributed by atoms with E-state index in [1.54, 1.807) is 44.3 Å². The second-order valence-electron chi connectivity index (χ2n) is 11.7. The highest BCUT2D eigenvalue weighted by molar-refractivity contribution is 7.97. The first-order valence-corrected chi connectivity index (χ1v) is 16.6. The van der Waals surface area contributed by atoms with Crippen molar-refractivity contribution >= 4 is 29.6 Å². The van der Waals surface area contributed by atoms with Crippen LogP contribution in [0.15, 0.2) is 85.2 Å². The van der Waals surface area contributed by atoms with Gasteiger partial charge in [0.2, 0.25) is 5.78 Å². The Hall–Kier alpha value is -4.42. The van der Waals surface area contributed by atoms with Crippen LogP contribution >= 0.6 is 11.9 Å². The third kappa shape index (κ3) is 8.35. The lowest BCUT2D eigenvalue weighted by atomic mass is 9.89. The molecule has 2 heterocycles. The smallest absolute Gasteiger partial charge is 0.272 e. The van der Waals surface area contributed by atoms with E-state index in [4.69, 9.17) is 15.2 Å². The first-order valence-electron chi connectivity index (χ1n) is 15.8. The number of Topliss-reactive ketones (excluding diaryl/α,β-unsaturated/α-hetero) is 1. The number of nitrogens with one attached hydrogen (secondary N) is 1. The zero-order valence-corrected chi connectivity index (χ0v) is 27.9. The number of benzene rings is 2. The number of anilines is 1. The van der Waals surface area contributed by atoms with Crippen molar-refractivity contribution in [3.63, 3.8) is 0 Å². The number of allylic oxidation sites excluding steroid dienone is 4. The number of piperidine rings is 1. The quantitative estimate of drug-likeness (QED) is 0.0554. The van der Waals surface area contributed by atoms with Crippen molar-refractivity contribution in [3.05, 3.63) is 107 Å². The molecule has 2 aromatic carbocycles. The first-order chi connectivity index (χ1) is 23.1. The Balaban J connectivity index is 1.36. The Morgan fingerprint density at radius 2 is 1.90 bits per heavy atom. The summed E-state index contributed by atoms with van der Waals surface area (Å²) in [5.74, 6) is -0.0398. The van der Waals surface area contributed by atoms with E-state index in [9.17, 15) is 18.0 Å². The van der Waals surface area contributed by atoms with Gasteiger partial charge in [0.25, 0.3) is 6.43 Å². The van der Waals surface area contributed by atoms with E-state index in [2.05, 4.69) is 27.9 Å². The number of nitrogens with two attached hydrogens (primary N) is 1. The van der Waals surface area contributed by atoms with Crippen LogP contribution in [-0.2, 0) is 0 Å². The fraction of sp³-hybridized carbons (Fsp3) is 0.333. The van der Waals surface area contributed by atoms with E-state index >= 15 is 0 Å². The van der Waals surface area contributed by atoms with Crippen LogP contribution in [0.5, 0.6) is 11.5 Å². The number of hydrogen-bond donors (Lipinski definition) is 2. The molecule has 0 atom stereocenters. The van der Waals surface area contributed by atoms with Gasteiger partial charge in [-0.2, -0.15) is 5.10 Å². The predicted octanol–water partition coefficient (Wildman–Crippen LogP) is 7.77. The van der Waals surface area contributed by atoms with Gasteiger partial charge >= 0.3 is 0 Å². The van der Waals surface area contributed by atoms with Gasteiger partial charge in [-0.3, -0.25) is 9.10 Å². The van der Waals surface area contributed by atoms with Gasteiger partial charge in [-0.05, 0) is 97.7 Å². The molecule has 3 aromatic rings. The number of nitrogens with zero attached hydrogens (tertiary/aromatic N) is 3. The van der Waals surface area contributed by atoms with Gasteiger partial charge in [-0.25, -0.2) is 17.9 Å². The van der Waals surface area contributed by atoms with Crippen LogP contribution in [0.2, 0.25) is 0 Å². The minimum absolute atomic E-state index is 0.0685. The molecule has 3 N–H and O–H groups in total. The molecule has 0 bridgehead atoms. The number of likely N-dealkylation sites (N-methyl/N-ethyl adjacent to an activating group) is 1. The average Bonchev–Trinajstić information content (AvgIpc) is 3.83. The highest BCUT2D eigenvalue weighted by Crippen LogP contribution is 2.41. The maximum absolute atomic E-state index is 14.0. The van der Waals surface area contributed by atoms with E-state index in [0.29, 0.717) is 28.3 Å². The zero-order chi connectivity index (χ0) is 34.4. The second-order valence-corrected chi connectivity index (χ2v) is 13.1. The molecule has 12 heteroatoms. The third-order valence-corrected chi connectivity index (χ3v) is 9.65. The number of nitrogen functional groups attached to an aromatic ring is 1. The van der Waals surface area contributed by atoms with Crippen LogP contribution in [0.25, 0.3) is 11.8 Å². The normalized spacial score (nSPS) is 16.4. The maximum Gasteiger partial charge on any atom is 0.272 e. The average molecular weight is 680 g/mol. The van der Waals surface area contributed by atoms with Crippen molar-refractivity contribution in [1.82, 2.24) is 19.4 Å². The Labute approximate surface area is 283 Å². The molecule has 0 amide bonds. The summed E-state index contributed by atoms with van der Waals surface area (Å²) in [7, 11) is 1.62. The summed E-state index contributed by atoms with van der Waals surface area (Å²) in [6, 6.07) is 10.5. The summed E-state index contributed by atoms with van der Waals surface area (Å²) in [6.07, 6.45) is 7.07. The van der Waals surface area contributed by atoms with Crippen LogP contribution in [0, 0.1) is 6.92 Å². The molecule has 5 rings (SSSR count). The van der Waals surface area contributed by atoms with Gasteiger partial charge in [0.1, 0.15) is 23.9 Å². The van der Waals surface area contributed by atoms with Gasteiger partial charge < -0.3 is 20.5 Å². The molecule has 1 aromatic heterocycles. The molecule has 2 aliphatic rings. The molecule has 0 radical (unpaired) electrons. The van der Waals surface area contributed by atoms with E-state index in [1.807, 2.05) is 24.1 Å². The monoisotopic (exact) mass is 679 g/mol. The first kappa shape index (κ1) is 34.9. The van der Waals surface area contributed by atoms with Crippen LogP contribution in [0.1, 0.15) is 58.6 Å². The molecule has 2 fully saturated rings. The van der Waals surface area contributed by atoms with Crippen LogP contribution in [-0.4, -0.2) is 58.3 Å². The molecular weight excluding hydrogens is 639 g/mol. The largest absolute Gasteiger partial charge is 0.487 e. The van der Waals surface area contributed by atoms with Crippen LogP contribution in [0.3, 0.4) is 0 Å². The van der Waals surface area contributed by atoms with Crippen molar-refractivity contribution in [1.29, 1.82) is 0 Å². The van der Waals surface area contributed by atoms with Gasteiger partial charge in [0, 0.05) is 25.4 Å². The minimum atomic E-state index is -2.61. The lowest BCUT2D eigenvalue weighted by Crippen LogP contribution is -2.28. The number of alkyl halides is 2. The van der Waals surface area contributed by atoms with Crippen molar-refractivity contribution in [2.75, 3.05) is 32.5 Å². The summed E-state index contributed by atoms with van der Waals surface area (Å²) < 4.78 is 55.4. The fourth-order valence-corrected chi connectivity index (χ4v) is 6.73. The highest BCUT2D eigenvalue weighted by Gasteiger charge is 2.30. The Kier molecular flexibility index (Phi) is 11.4. The Bertz CT molecular complexity index is 1730. The number of ether oxygens (including phenoxy) is 2. The fourth-order valence-electron chi connectivity index (χ4n) is 5.54.